The van der Waals surface area contributed by atoms with Gasteiger partial charge in [-0.05, 0) is 13.0 Å². The van der Waals surface area contributed by atoms with Crippen LogP contribution in [-0.2, 0) is 16.8 Å². The molecule has 3 heterocycles. The Labute approximate surface area is 212 Å². The van der Waals surface area contributed by atoms with Crippen molar-refractivity contribution >= 4 is 41.8 Å². The lowest BCUT2D eigenvalue weighted by Crippen LogP contribution is -2.50. The predicted molar refractivity (Wildman–Crippen MR) is 139 cm³/mol. The molecule has 182 valence electrons. The van der Waals surface area contributed by atoms with Crippen LogP contribution >= 0.6 is 24.0 Å². The molecule has 1 aliphatic rings. The Balaban J connectivity index is 0.00000385. The summed E-state index contributed by atoms with van der Waals surface area (Å²) in [7, 11) is 0. The van der Waals surface area contributed by atoms with Crippen molar-refractivity contribution in [2.45, 2.75) is 46.1 Å². The Kier molecular flexibility index (Phi) is 10.3. The molecule has 0 saturated carbocycles. The van der Waals surface area contributed by atoms with Crippen LogP contribution in [0.25, 0.3) is 0 Å². The van der Waals surface area contributed by atoms with Gasteiger partial charge in [0.15, 0.2) is 5.96 Å². The van der Waals surface area contributed by atoms with Crippen LogP contribution < -0.4 is 15.5 Å². The first kappa shape index (κ1) is 26.8. The van der Waals surface area contributed by atoms with Gasteiger partial charge >= 0.3 is 0 Å². The molecular formula is C22H35IN8O2. The SMILES string of the molecule is CCNC(=NCc1ncc(C(C)(C)C)o1)NCCC(=O)N1CCN(c2ncccn2)CC1.I. The minimum atomic E-state index is -0.0856. The molecule has 11 heteroatoms. The Bertz CT molecular complexity index is 889. The van der Waals surface area contributed by atoms with E-state index in [0.717, 1.165) is 25.4 Å². The largest absolute Gasteiger partial charge is 0.443 e. The Morgan fingerprint density at radius 2 is 1.82 bits per heavy atom. The molecule has 2 aromatic rings. The molecule has 0 aliphatic carbocycles. The van der Waals surface area contributed by atoms with Crippen molar-refractivity contribution in [3.05, 3.63) is 36.3 Å². The zero-order chi connectivity index (χ0) is 23.0. The molecule has 3 rings (SSSR count). The molecule has 2 aromatic heterocycles. The van der Waals surface area contributed by atoms with E-state index in [4.69, 9.17) is 4.42 Å². The average molecular weight is 570 g/mol. The van der Waals surface area contributed by atoms with E-state index in [2.05, 4.69) is 56.2 Å². The highest BCUT2D eigenvalue weighted by atomic mass is 127. The fourth-order valence-electron chi connectivity index (χ4n) is 3.27. The van der Waals surface area contributed by atoms with Crippen LogP contribution in [0.5, 0.6) is 0 Å². The number of rotatable bonds is 7. The Hall–Kier alpha value is -2.44. The fraction of sp³-hybridized carbons (Fsp3) is 0.591. The number of amides is 1. The van der Waals surface area contributed by atoms with Crippen molar-refractivity contribution < 1.29 is 9.21 Å². The van der Waals surface area contributed by atoms with Crippen LogP contribution in [0.4, 0.5) is 5.95 Å². The number of carbonyl (C=O) groups is 1. The number of nitrogens with zero attached hydrogens (tertiary/aromatic N) is 6. The Morgan fingerprint density at radius 3 is 2.42 bits per heavy atom. The maximum Gasteiger partial charge on any atom is 0.225 e. The van der Waals surface area contributed by atoms with Crippen molar-refractivity contribution in [1.29, 1.82) is 0 Å². The number of aliphatic imine (C=N–C) groups is 1. The highest BCUT2D eigenvalue weighted by Crippen LogP contribution is 2.22. The van der Waals surface area contributed by atoms with Crippen LogP contribution in [0.2, 0.25) is 0 Å². The number of carbonyl (C=O) groups excluding carboxylic acids is 1. The van der Waals surface area contributed by atoms with E-state index in [1.807, 2.05) is 11.8 Å². The van der Waals surface area contributed by atoms with Gasteiger partial charge in [-0.1, -0.05) is 20.8 Å². The van der Waals surface area contributed by atoms with E-state index >= 15 is 0 Å². The third-order valence-corrected chi connectivity index (χ3v) is 5.11. The molecule has 1 fully saturated rings. The van der Waals surface area contributed by atoms with Gasteiger partial charge in [-0.3, -0.25) is 4.79 Å². The lowest BCUT2D eigenvalue weighted by molar-refractivity contribution is -0.131. The van der Waals surface area contributed by atoms with Gasteiger partial charge in [-0.2, -0.15) is 0 Å². The van der Waals surface area contributed by atoms with Crippen molar-refractivity contribution in [3.63, 3.8) is 0 Å². The number of hydrogen-bond donors (Lipinski definition) is 2. The van der Waals surface area contributed by atoms with E-state index in [9.17, 15) is 4.79 Å². The maximum absolute atomic E-state index is 12.6. The number of anilines is 1. The molecule has 1 amide bonds. The summed E-state index contributed by atoms with van der Waals surface area (Å²) < 4.78 is 5.79. The van der Waals surface area contributed by atoms with Crippen LogP contribution in [0.15, 0.2) is 34.1 Å². The molecule has 1 aliphatic heterocycles. The molecule has 0 atom stereocenters. The summed E-state index contributed by atoms with van der Waals surface area (Å²) in [5.41, 5.74) is -0.0856. The van der Waals surface area contributed by atoms with Gasteiger partial charge in [0.25, 0.3) is 0 Å². The minimum Gasteiger partial charge on any atom is -0.443 e. The number of halogens is 1. The number of hydrogen-bond acceptors (Lipinski definition) is 7. The molecule has 0 bridgehead atoms. The minimum absolute atomic E-state index is 0. The van der Waals surface area contributed by atoms with Gasteiger partial charge in [0, 0.05) is 63.5 Å². The molecule has 0 radical (unpaired) electrons. The maximum atomic E-state index is 12.6. The molecule has 33 heavy (non-hydrogen) atoms. The summed E-state index contributed by atoms with van der Waals surface area (Å²) in [6.07, 6.45) is 5.63. The van der Waals surface area contributed by atoms with Gasteiger partial charge < -0.3 is 24.9 Å². The zero-order valence-electron chi connectivity index (χ0n) is 19.9. The van der Waals surface area contributed by atoms with E-state index in [0.29, 0.717) is 50.4 Å². The lowest BCUT2D eigenvalue weighted by Gasteiger charge is -2.34. The summed E-state index contributed by atoms with van der Waals surface area (Å²) in [5.74, 6) is 2.90. The fourth-order valence-corrected chi connectivity index (χ4v) is 3.27. The second-order valence-corrected chi connectivity index (χ2v) is 8.66. The first-order valence-electron chi connectivity index (χ1n) is 11.1. The number of guanidine groups is 1. The second kappa shape index (κ2) is 12.7. The van der Waals surface area contributed by atoms with Crippen LogP contribution in [0, 0.1) is 0 Å². The average Bonchev–Trinajstić information content (AvgIpc) is 3.28. The van der Waals surface area contributed by atoms with Crippen LogP contribution in [0.1, 0.15) is 45.8 Å². The summed E-state index contributed by atoms with van der Waals surface area (Å²) in [6.45, 7) is 12.6. The first-order chi connectivity index (χ1) is 15.4. The van der Waals surface area contributed by atoms with E-state index in [1.165, 1.54) is 0 Å². The standard InChI is InChI=1S/C22H34N8O2.HI/c1-5-23-20(28-16-18-27-15-17(32-18)22(2,3)4)24-10-7-19(31)29-11-13-30(14-12-29)21-25-8-6-9-26-21;/h6,8-9,15H,5,7,10-14,16H2,1-4H3,(H2,23,24,28);1H. The third kappa shape index (κ3) is 8.13. The zero-order valence-corrected chi connectivity index (χ0v) is 22.2. The van der Waals surface area contributed by atoms with Crippen LogP contribution in [-0.4, -0.2) is 71.0 Å². The summed E-state index contributed by atoms with van der Waals surface area (Å²) in [5, 5.41) is 6.42. The monoisotopic (exact) mass is 570 g/mol. The molecule has 0 spiro atoms. The quantitative estimate of drug-likeness (QED) is 0.296. The normalized spacial score (nSPS) is 14.6. The third-order valence-electron chi connectivity index (χ3n) is 5.11. The number of aromatic nitrogens is 3. The van der Waals surface area contributed by atoms with E-state index in [1.54, 1.807) is 24.7 Å². The summed E-state index contributed by atoms with van der Waals surface area (Å²) in [4.78, 5) is 34.0. The molecular weight excluding hydrogens is 535 g/mol. The molecule has 0 unspecified atom stereocenters. The number of oxazole rings is 1. The van der Waals surface area contributed by atoms with Gasteiger partial charge in [0.1, 0.15) is 12.3 Å². The van der Waals surface area contributed by atoms with E-state index < -0.39 is 0 Å². The summed E-state index contributed by atoms with van der Waals surface area (Å²) >= 11 is 0. The molecule has 2 N–H and O–H groups in total. The second-order valence-electron chi connectivity index (χ2n) is 8.66. The first-order valence-corrected chi connectivity index (χ1v) is 11.1. The highest BCUT2D eigenvalue weighted by Gasteiger charge is 2.22. The predicted octanol–water partition coefficient (Wildman–Crippen LogP) is 2.17. The van der Waals surface area contributed by atoms with Crippen molar-refractivity contribution in [3.8, 4) is 0 Å². The molecule has 10 nitrogen and oxygen atoms in total. The van der Waals surface area contributed by atoms with Crippen LogP contribution in [0.3, 0.4) is 0 Å². The van der Waals surface area contributed by atoms with Crippen molar-refractivity contribution in [1.82, 2.24) is 30.5 Å². The lowest BCUT2D eigenvalue weighted by atomic mass is 9.94. The molecule has 0 aromatic carbocycles. The van der Waals surface area contributed by atoms with Gasteiger partial charge in [-0.15, -0.1) is 24.0 Å². The topological polar surface area (TPSA) is 112 Å². The van der Waals surface area contributed by atoms with Gasteiger partial charge in [0.05, 0.1) is 6.20 Å². The van der Waals surface area contributed by atoms with Gasteiger partial charge in [0.2, 0.25) is 17.7 Å². The Morgan fingerprint density at radius 1 is 1.12 bits per heavy atom. The van der Waals surface area contributed by atoms with Gasteiger partial charge in [-0.25, -0.2) is 19.9 Å². The number of nitrogens with one attached hydrogen (secondary N) is 2. The van der Waals surface area contributed by atoms with Crippen molar-refractivity contribution in [2.24, 2.45) is 4.99 Å². The smallest absolute Gasteiger partial charge is 0.225 e. The van der Waals surface area contributed by atoms with E-state index in [-0.39, 0.29) is 35.3 Å². The highest BCUT2D eigenvalue weighted by molar-refractivity contribution is 14.0. The molecule has 1 saturated heterocycles. The number of piperazine rings is 1. The summed E-state index contributed by atoms with van der Waals surface area (Å²) in [6, 6.07) is 1.80. The van der Waals surface area contributed by atoms with Crippen molar-refractivity contribution in [2.75, 3.05) is 44.2 Å².